The fourth-order valence-corrected chi connectivity index (χ4v) is 3.75. The molecule has 0 aliphatic carbocycles. The molecule has 1 aromatic heterocycles. The van der Waals surface area contributed by atoms with Crippen LogP contribution in [0.3, 0.4) is 0 Å². The van der Waals surface area contributed by atoms with E-state index in [0.29, 0.717) is 23.4 Å². The Morgan fingerprint density at radius 3 is 2.59 bits per heavy atom. The second-order valence-corrected chi connectivity index (χ2v) is 7.25. The van der Waals surface area contributed by atoms with Gasteiger partial charge in [0.1, 0.15) is 5.82 Å². The Morgan fingerprint density at radius 2 is 1.81 bits per heavy atom. The van der Waals surface area contributed by atoms with Gasteiger partial charge in [0.05, 0.1) is 6.54 Å². The van der Waals surface area contributed by atoms with E-state index >= 15 is 0 Å². The van der Waals surface area contributed by atoms with Gasteiger partial charge < -0.3 is 0 Å². The standard InChI is InChI=1S/C20H21ClFN5/c21-17-8-4-16(5-9-17)20-23-25-27(24-20)14-2-13-26-12-1-3-19(26)15-6-10-18(22)11-7-15/h4-11,19H,1-3,12-14H2. The molecular weight excluding hydrogens is 365 g/mol. The molecule has 3 aromatic rings. The Kier molecular flexibility index (Phi) is 5.45. The smallest absolute Gasteiger partial charge is 0.204 e. The van der Waals surface area contributed by atoms with Crippen LogP contribution in [0.1, 0.15) is 30.9 Å². The number of hydrogen-bond donors (Lipinski definition) is 0. The normalized spacial score (nSPS) is 17.5. The lowest BCUT2D eigenvalue weighted by Crippen LogP contribution is -2.25. The SMILES string of the molecule is Fc1ccc(C2CCCN2CCCn2nnc(-c3ccc(Cl)cc3)n2)cc1. The maximum Gasteiger partial charge on any atom is 0.204 e. The van der Waals surface area contributed by atoms with Crippen LogP contribution in [-0.2, 0) is 6.54 Å². The quantitative estimate of drug-likeness (QED) is 0.632. The minimum absolute atomic E-state index is 0.183. The first-order valence-corrected chi connectivity index (χ1v) is 9.60. The van der Waals surface area contributed by atoms with Gasteiger partial charge in [0.2, 0.25) is 5.82 Å². The van der Waals surface area contributed by atoms with Gasteiger partial charge in [-0.1, -0.05) is 23.7 Å². The summed E-state index contributed by atoms with van der Waals surface area (Å²) in [5.74, 6) is 0.425. The summed E-state index contributed by atoms with van der Waals surface area (Å²) < 4.78 is 13.2. The van der Waals surface area contributed by atoms with Crippen LogP contribution in [-0.4, -0.2) is 38.2 Å². The zero-order valence-corrected chi connectivity index (χ0v) is 15.7. The molecule has 0 amide bonds. The summed E-state index contributed by atoms with van der Waals surface area (Å²) in [6.07, 6.45) is 3.23. The minimum Gasteiger partial charge on any atom is -0.296 e. The number of halogens is 2. The number of rotatable bonds is 6. The molecule has 1 fully saturated rings. The van der Waals surface area contributed by atoms with E-state index in [9.17, 15) is 4.39 Å². The van der Waals surface area contributed by atoms with Gasteiger partial charge in [-0.15, -0.1) is 10.2 Å². The van der Waals surface area contributed by atoms with Crippen molar-refractivity contribution in [2.24, 2.45) is 0 Å². The first-order chi connectivity index (χ1) is 13.2. The minimum atomic E-state index is -0.183. The molecule has 0 N–H and O–H groups in total. The topological polar surface area (TPSA) is 46.8 Å². The van der Waals surface area contributed by atoms with Gasteiger partial charge in [-0.2, -0.15) is 4.80 Å². The summed E-state index contributed by atoms with van der Waals surface area (Å²) >= 11 is 5.91. The zero-order valence-electron chi connectivity index (χ0n) is 14.9. The summed E-state index contributed by atoms with van der Waals surface area (Å²) in [5.41, 5.74) is 2.10. The van der Waals surface area contributed by atoms with Gasteiger partial charge in [0.25, 0.3) is 0 Å². The highest BCUT2D eigenvalue weighted by Gasteiger charge is 2.25. The van der Waals surface area contributed by atoms with Gasteiger partial charge in [-0.3, -0.25) is 4.90 Å². The van der Waals surface area contributed by atoms with Crippen molar-refractivity contribution in [1.29, 1.82) is 0 Å². The van der Waals surface area contributed by atoms with Crippen molar-refractivity contribution in [2.45, 2.75) is 31.8 Å². The molecule has 0 radical (unpaired) electrons. The molecular formula is C20H21ClFN5. The van der Waals surface area contributed by atoms with Crippen LogP contribution in [0, 0.1) is 5.82 Å². The zero-order chi connectivity index (χ0) is 18.6. The van der Waals surface area contributed by atoms with E-state index in [1.54, 1.807) is 16.9 Å². The van der Waals surface area contributed by atoms with Crippen LogP contribution in [0.25, 0.3) is 11.4 Å². The molecule has 2 heterocycles. The Morgan fingerprint density at radius 1 is 1.04 bits per heavy atom. The van der Waals surface area contributed by atoms with Crippen molar-refractivity contribution in [3.8, 4) is 11.4 Å². The highest BCUT2D eigenvalue weighted by molar-refractivity contribution is 6.30. The maximum absolute atomic E-state index is 13.2. The summed E-state index contributed by atoms with van der Waals surface area (Å²) in [5, 5.41) is 13.4. The molecule has 1 saturated heterocycles. The Labute approximate surface area is 162 Å². The first kappa shape index (κ1) is 18.1. The third kappa shape index (κ3) is 4.34. The number of hydrogen-bond acceptors (Lipinski definition) is 4. The van der Waals surface area contributed by atoms with E-state index in [1.807, 2.05) is 36.4 Å². The van der Waals surface area contributed by atoms with Crippen molar-refractivity contribution >= 4 is 11.6 Å². The predicted molar refractivity (Wildman–Crippen MR) is 103 cm³/mol. The van der Waals surface area contributed by atoms with Crippen LogP contribution in [0.15, 0.2) is 48.5 Å². The second-order valence-electron chi connectivity index (χ2n) is 6.81. The van der Waals surface area contributed by atoms with Gasteiger partial charge in [0, 0.05) is 23.2 Å². The van der Waals surface area contributed by atoms with E-state index in [1.165, 1.54) is 12.0 Å². The molecule has 1 atom stereocenters. The number of likely N-dealkylation sites (tertiary alicyclic amines) is 1. The van der Waals surface area contributed by atoms with E-state index in [4.69, 9.17) is 11.6 Å². The molecule has 0 bridgehead atoms. The van der Waals surface area contributed by atoms with Gasteiger partial charge >= 0.3 is 0 Å². The van der Waals surface area contributed by atoms with Crippen molar-refractivity contribution < 1.29 is 4.39 Å². The highest BCUT2D eigenvalue weighted by atomic mass is 35.5. The summed E-state index contributed by atoms with van der Waals surface area (Å²) in [7, 11) is 0. The second kappa shape index (κ2) is 8.15. The van der Waals surface area contributed by atoms with Crippen molar-refractivity contribution in [3.05, 3.63) is 64.9 Å². The number of aryl methyl sites for hydroxylation is 1. The number of aromatic nitrogens is 4. The monoisotopic (exact) mass is 385 g/mol. The Balaban J connectivity index is 1.33. The first-order valence-electron chi connectivity index (χ1n) is 9.22. The van der Waals surface area contributed by atoms with Crippen molar-refractivity contribution in [3.63, 3.8) is 0 Å². The summed E-state index contributed by atoms with van der Waals surface area (Å²) in [4.78, 5) is 4.11. The molecule has 2 aromatic carbocycles. The lowest BCUT2D eigenvalue weighted by atomic mass is 10.0. The fourth-order valence-electron chi connectivity index (χ4n) is 3.62. The van der Waals surface area contributed by atoms with Crippen LogP contribution in [0.4, 0.5) is 4.39 Å². The third-order valence-corrected chi connectivity index (χ3v) is 5.23. The fraction of sp³-hybridized carbons (Fsp3) is 0.350. The molecule has 1 aliphatic heterocycles. The van der Waals surface area contributed by atoms with Crippen molar-refractivity contribution in [1.82, 2.24) is 25.1 Å². The predicted octanol–water partition coefficient (Wildman–Crippen LogP) is 4.36. The molecule has 140 valence electrons. The Hall–Kier alpha value is -2.31. The maximum atomic E-state index is 13.2. The van der Waals surface area contributed by atoms with Crippen LogP contribution < -0.4 is 0 Å². The van der Waals surface area contributed by atoms with Crippen LogP contribution >= 0.6 is 11.6 Å². The van der Waals surface area contributed by atoms with E-state index in [0.717, 1.165) is 31.5 Å². The molecule has 0 spiro atoms. The molecule has 4 rings (SSSR count). The average Bonchev–Trinajstić information content (AvgIpc) is 3.33. The van der Waals surface area contributed by atoms with Crippen molar-refractivity contribution in [2.75, 3.05) is 13.1 Å². The molecule has 1 aliphatic rings. The van der Waals surface area contributed by atoms with Crippen LogP contribution in [0.5, 0.6) is 0 Å². The third-order valence-electron chi connectivity index (χ3n) is 4.98. The van der Waals surface area contributed by atoms with E-state index in [2.05, 4.69) is 20.3 Å². The van der Waals surface area contributed by atoms with Crippen LogP contribution in [0.2, 0.25) is 5.02 Å². The van der Waals surface area contributed by atoms with Gasteiger partial charge in [-0.05, 0) is 73.0 Å². The molecule has 5 nitrogen and oxygen atoms in total. The lowest BCUT2D eigenvalue weighted by Gasteiger charge is -2.24. The number of benzene rings is 2. The van der Waals surface area contributed by atoms with Gasteiger partial charge in [0.15, 0.2) is 0 Å². The van der Waals surface area contributed by atoms with E-state index < -0.39 is 0 Å². The molecule has 27 heavy (non-hydrogen) atoms. The largest absolute Gasteiger partial charge is 0.296 e. The summed E-state index contributed by atoms with van der Waals surface area (Å²) in [6.45, 7) is 2.75. The number of tetrazole rings is 1. The highest BCUT2D eigenvalue weighted by Crippen LogP contribution is 2.31. The molecule has 0 saturated carbocycles. The Bertz CT molecular complexity index is 878. The lowest BCUT2D eigenvalue weighted by molar-refractivity contribution is 0.245. The molecule has 1 unspecified atom stereocenters. The number of nitrogens with zero attached hydrogens (tertiary/aromatic N) is 5. The van der Waals surface area contributed by atoms with E-state index in [-0.39, 0.29) is 5.82 Å². The van der Waals surface area contributed by atoms with Gasteiger partial charge in [-0.25, -0.2) is 4.39 Å². The molecule has 7 heteroatoms. The summed E-state index contributed by atoms with van der Waals surface area (Å²) in [6, 6.07) is 14.7. The average molecular weight is 386 g/mol.